The van der Waals surface area contributed by atoms with Gasteiger partial charge in [0.05, 0.1) is 0 Å². The number of alkyl halides is 1. The second-order valence-corrected chi connectivity index (χ2v) is 4.26. The van der Waals surface area contributed by atoms with E-state index in [4.69, 9.17) is 4.74 Å². The lowest BCUT2D eigenvalue weighted by atomic mass is 10.2. The van der Waals surface area contributed by atoms with Gasteiger partial charge in [-0.3, -0.25) is 0 Å². The zero-order valence-electron chi connectivity index (χ0n) is 9.27. The minimum Gasteiger partial charge on any atom is -0.508 e. The van der Waals surface area contributed by atoms with Gasteiger partial charge in [0.2, 0.25) is 0 Å². The van der Waals surface area contributed by atoms with Crippen molar-refractivity contribution < 1.29 is 9.84 Å². The fourth-order valence-electron chi connectivity index (χ4n) is 1.52. The number of aromatic hydroxyl groups is 1. The van der Waals surface area contributed by atoms with Crippen LogP contribution < -0.4 is 4.74 Å². The van der Waals surface area contributed by atoms with Crippen LogP contribution in [0.15, 0.2) is 48.5 Å². The molecule has 0 aromatic heterocycles. The van der Waals surface area contributed by atoms with Crippen molar-refractivity contribution in [3.05, 3.63) is 59.7 Å². The Morgan fingerprint density at radius 2 is 1.82 bits per heavy atom. The molecule has 0 unspecified atom stereocenters. The van der Waals surface area contributed by atoms with E-state index in [1.165, 1.54) is 0 Å². The number of halogens is 1. The minimum absolute atomic E-state index is 0.220. The quantitative estimate of drug-likeness (QED) is 0.867. The molecule has 0 amide bonds. The monoisotopic (exact) mass is 292 g/mol. The van der Waals surface area contributed by atoms with E-state index in [1.54, 1.807) is 12.1 Å². The van der Waals surface area contributed by atoms with E-state index in [9.17, 15) is 5.11 Å². The lowest BCUT2D eigenvalue weighted by molar-refractivity contribution is 0.302. The van der Waals surface area contributed by atoms with Gasteiger partial charge in [-0.2, -0.15) is 0 Å². The second-order valence-electron chi connectivity index (χ2n) is 3.70. The van der Waals surface area contributed by atoms with Crippen molar-refractivity contribution in [2.75, 3.05) is 0 Å². The van der Waals surface area contributed by atoms with E-state index in [2.05, 4.69) is 15.9 Å². The SMILES string of the molecule is Oc1ccc(CBr)c(OCc2ccccc2)c1. The highest BCUT2D eigenvalue weighted by Gasteiger charge is 2.04. The van der Waals surface area contributed by atoms with Crippen molar-refractivity contribution in [2.24, 2.45) is 0 Å². The van der Waals surface area contributed by atoms with Crippen molar-refractivity contribution in [3.63, 3.8) is 0 Å². The van der Waals surface area contributed by atoms with Crippen molar-refractivity contribution in [1.29, 1.82) is 0 Å². The Morgan fingerprint density at radius 1 is 1.06 bits per heavy atom. The number of phenols is 1. The van der Waals surface area contributed by atoms with Crippen LogP contribution in [0, 0.1) is 0 Å². The summed E-state index contributed by atoms with van der Waals surface area (Å²) in [6.07, 6.45) is 0. The highest BCUT2D eigenvalue weighted by atomic mass is 79.9. The molecule has 0 aliphatic carbocycles. The van der Waals surface area contributed by atoms with Gasteiger partial charge < -0.3 is 9.84 Å². The minimum atomic E-state index is 0.220. The van der Waals surface area contributed by atoms with Crippen LogP contribution in [0.3, 0.4) is 0 Å². The van der Waals surface area contributed by atoms with Crippen molar-refractivity contribution in [1.82, 2.24) is 0 Å². The Labute approximate surface area is 109 Å². The molecule has 0 heterocycles. The highest BCUT2D eigenvalue weighted by Crippen LogP contribution is 2.26. The van der Waals surface area contributed by atoms with Gasteiger partial charge in [0.1, 0.15) is 18.1 Å². The summed E-state index contributed by atoms with van der Waals surface area (Å²) in [6, 6.07) is 15.1. The summed E-state index contributed by atoms with van der Waals surface area (Å²) >= 11 is 3.40. The maximum Gasteiger partial charge on any atom is 0.127 e. The Balaban J connectivity index is 2.11. The van der Waals surface area contributed by atoms with Gasteiger partial charge in [-0.15, -0.1) is 0 Å². The normalized spacial score (nSPS) is 10.2. The fourth-order valence-corrected chi connectivity index (χ4v) is 1.99. The summed E-state index contributed by atoms with van der Waals surface area (Å²) in [4.78, 5) is 0. The molecule has 0 saturated carbocycles. The van der Waals surface area contributed by atoms with Gasteiger partial charge >= 0.3 is 0 Å². The molecule has 3 heteroatoms. The predicted molar refractivity (Wildman–Crippen MR) is 71.5 cm³/mol. The first kappa shape index (κ1) is 12.0. The van der Waals surface area contributed by atoms with Gasteiger partial charge in [0.15, 0.2) is 0 Å². The topological polar surface area (TPSA) is 29.5 Å². The number of hydrogen-bond acceptors (Lipinski definition) is 2. The van der Waals surface area contributed by atoms with Crippen LogP contribution in [-0.4, -0.2) is 5.11 Å². The first-order chi connectivity index (χ1) is 8.29. The van der Waals surface area contributed by atoms with E-state index in [-0.39, 0.29) is 5.75 Å². The Morgan fingerprint density at radius 3 is 2.53 bits per heavy atom. The average Bonchev–Trinajstić information content (AvgIpc) is 2.38. The third-order valence-corrected chi connectivity index (χ3v) is 3.04. The molecule has 0 atom stereocenters. The molecule has 0 aliphatic rings. The summed E-state index contributed by atoms with van der Waals surface area (Å²) in [7, 11) is 0. The largest absolute Gasteiger partial charge is 0.508 e. The molecule has 0 bridgehead atoms. The molecular formula is C14H13BrO2. The molecule has 2 nitrogen and oxygen atoms in total. The number of phenolic OH excluding ortho intramolecular Hbond substituents is 1. The highest BCUT2D eigenvalue weighted by molar-refractivity contribution is 9.08. The van der Waals surface area contributed by atoms with Crippen LogP contribution in [0.2, 0.25) is 0 Å². The molecule has 0 radical (unpaired) electrons. The summed E-state index contributed by atoms with van der Waals surface area (Å²) in [5, 5.41) is 10.1. The summed E-state index contributed by atoms with van der Waals surface area (Å²) in [5.74, 6) is 0.934. The van der Waals surface area contributed by atoms with Crippen LogP contribution in [0.1, 0.15) is 11.1 Å². The summed E-state index contributed by atoms with van der Waals surface area (Å²) in [6.45, 7) is 0.504. The Bertz CT molecular complexity index is 483. The number of rotatable bonds is 4. The predicted octanol–water partition coefficient (Wildman–Crippen LogP) is 3.87. The van der Waals surface area contributed by atoms with Crippen molar-refractivity contribution >= 4 is 15.9 Å². The standard InChI is InChI=1S/C14H13BrO2/c15-9-12-6-7-13(16)8-14(12)17-10-11-4-2-1-3-5-11/h1-8,16H,9-10H2. The number of hydrogen-bond donors (Lipinski definition) is 1. The van der Waals surface area contributed by atoms with Crippen LogP contribution in [0.25, 0.3) is 0 Å². The summed E-state index contributed by atoms with van der Waals surface area (Å²) in [5.41, 5.74) is 2.13. The molecule has 2 aromatic carbocycles. The molecule has 17 heavy (non-hydrogen) atoms. The zero-order valence-corrected chi connectivity index (χ0v) is 10.9. The Hall–Kier alpha value is -1.48. The van der Waals surface area contributed by atoms with Gasteiger partial charge in [-0.25, -0.2) is 0 Å². The van der Waals surface area contributed by atoms with Gasteiger partial charge in [0, 0.05) is 17.0 Å². The van der Waals surface area contributed by atoms with E-state index < -0.39 is 0 Å². The molecule has 2 rings (SSSR count). The van der Waals surface area contributed by atoms with Crippen LogP contribution in [0.5, 0.6) is 11.5 Å². The molecule has 88 valence electrons. The molecule has 0 spiro atoms. The first-order valence-electron chi connectivity index (χ1n) is 5.34. The van der Waals surface area contributed by atoms with Crippen LogP contribution in [-0.2, 0) is 11.9 Å². The molecular weight excluding hydrogens is 280 g/mol. The fraction of sp³-hybridized carbons (Fsp3) is 0.143. The molecule has 0 saturated heterocycles. The number of benzene rings is 2. The second kappa shape index (κ2) is 5.73. The molecule has 2 aromatic rings. The smallest absolute Gasteiger partial charge is 0.127 e. The van der Waals surface area contributed by atoms with Crippen molar-refractivity contribution in [3.8, 4) is 11.5 Å². The van der Waals surface area contributed by atoms with E-state index in [1.807, 2.05) is 36.4 Å². The maximum atomic E-state index is 9.43. The first-order valence-corrected chi connectivity index (χ1v) is 6.46. The Kier molecular flexibility index (Phi) is 4.04. The maximum absolute atomic E-state index is 9.43. The lowest BCUT2D eigenvalue weighted by Gasteiger charge is -2.10. The molecule has 0 fully saturated rings. The summed E-state index contributed by atoms with van der Waals surface area (Å²) < 4.78 is 5.70. The van der Waals surface area contributed by atoms with Gasteiger partial charge in [0.25, 0.3) is 0 Å². The molecule has 1 N–H and O–H groups in total. The van der Waals surface area contributed by atoms with E-state index >= 15 is 0 Å². The lowest BCUT2D eigenvalue weighted by Crippen LogP contribution is -1.97. The molecule has 0 aliphatic heterocycles. The average molecular weight is 293 g/mol. The van der Waals surface area contributed by atoms with E-state index in [0.29, 0.717) is 17.7 Å². The number of ether oxygens (including phenoxy) is 1. The van der Waals surface area contributed by atoms with Gasteiger partial charge in [-0.1, -0.05) is 52.3 Å². The zero-order chi connectivity index (χ0) is 12.1. The third kappa shape index (κ3) is 3.24. The van der Waals surface area contributed by atoms with Crippen molar-refractivity contribution in [2.45, 2.75) is 11.9 Å². The van der Waals surface area contributed by atoms with Crippen LogP contribution in [0.4, 0.5) is 0 Å². The van der Waals surface area contributed by atoms with Gasteiger partial charge in [-0.05, 0) is 11.6 Å². The van der Waals surface area contributed by atoms with E-state index in [0.717, 1.165) is 11.1 Å². The third-order valence-electron chi connectivity index (χ3n) is 2.43. The van der Waals surface area contributed by atoms with Crippen LogP contribution >= 0.6 is 15.9 Å².